The molecular weight excluding hydrogens is 364 g/mol. The lowest BCUT2D eigenvalue weighted by Crippen LogP contribution is -2.16. The van der Waals surface area contributed by atoms with Gasteiger partial charge in [-0.25, -0.2) is 0 Å². The number of thiophene rings is 1. The number of rotatable bonds is 9. The Balaban J connectivity index is 2.23. The van der Waals surface area contributed by atoms with Gasteiger partial charge in [0.2, 0.25) is 0 Å². The molecule has 25 heavy (non-hydrogen) atoms. The van der Waals surface area contributed by atoms with Crippen LogP contribution in [0.5, 0.6) is 11.5 Å². The van der Waals surface area contributed by atoms with Gasteiger partial charge in [-0.15, -0.1) is 22.9 Å². The highest BCUT2D eigenvalue weighted by Gasteiger charge is 2.20. The van der Waals surface area contributed by atoms with E-state index < -0.39 is 5.92 Å². The van der Waals surface area contributed by atoms with Gasteiger partial charge in [0.1, 0.15) is 0 Å². The molecule has 0 aliphatic heterocycles. The van der Waals surface area contributed by atoms with Gasteiger partial charge in [-0.1, -0.05) is 6.92 Å². The van der Waals surface area contributed by atoms with Crippen molar-refractivity contribution in [3.05, 3.63) is 23.1 Å². The molecule has 0 spiro atoms. The Morgan fingerprint density at radius 3 is 2.60 bits per heavy atom. The third kappa shape index (κ3) is 4.86. The largest absolute Gasteiger partial charge is 0.493 e. The van der Waals surface area contributed by atoms with Gasteiger partial charge in [-0.05, 0) is 23.9 Å². The highest BCUT2D eigenvalue weighted by Crippen LogP contribution is 2.37. The predicted molar refractivity (Wildman–Crippen MR) is 99.3 cm³/mol. The highest BCUT2D eigenvalue weighted by atomic mass is 35.5. The Morgan fingerprint density at radius 1 is 1.20 bits per heavy atom. The maximum atomic E-state index is 12.4. The molecule has 0 aliphatic rings. The molecule has 0 fully saturated rings. The molecule has 1 heterocycles. The zero-order chi connectivity index (χ0) is 18.4. The van der Waals surface area contributed by atoms with Crippen LogP contribution in [0.2, 0.25) is 0 Å². The van der Waals surface area contributed by atoms with E-state index in [2.05, 4.69) is 4.74 Å². The van der Waals surface area contributed by atoms with Crippen LogP contribution in [0.3, 0.4) is 0 Å². The van der Waals surface area contributed by atoms with Crippen LogP contribution in [0.4, 0.5) is 0 Å². The van der Waals surface area contributed by atoms with Crippen LogP contribution in [0.1, 0.15) is 29.4 Å². The van der Waals surface area contributed by atoms with E-state index in [4.69, 9.17) is 21.1 Å². The van der Waals surface area contributed by atoms with Gasteiger partial charge in [0, 0.05) is 23.1 Å². The summed E-state index contributed by atoms with van der Waals surface area (Å²) in [6.07, 6.45) is 0.858. The lowest BCUT2D eigenvalue weighted by Gasteiger charge is -2.10. The fourth-order valence-corrected chi connectivity index (χ4v) is 3.49. The third-order valence-electron chi connectivity index (χ3n) is 3.71. The van der Waals surface area contributed by atoms with E-state index in [-0.39, 0.29) is 18.2 Å². The molecule has 136 valence electrons. The van der Waals surface area contributed by atoms with Crippen LogP contribution in [-0.2, 0) is 9.53 Å². The fraction of sp³-hybridized carbons (Fsp3) is 0.444. The number of Topliss-reactive ketones (excluding diaryl/α,β-unsaturated/α-hetero) is 1. The molecule has 1 aromatic heterocycles. The summed E-state index contributed by atoms with van der Waals surface area (Å²) >= 11 is 7.04. The van der Waals surface area contributed by atoms with Crippen LogP contribution in [0, 0.1) is 5.92 Å². The molecule has 0 bridgehead atoms. The normalized spacial score (nSPS) is 12.0. The van der Waals surface area contributed by atoms with Crippen molar-refractivity contribution in [3.8, 4) is 11.5 Å². The summed E-state index contributed by atoms with van der Waals surface area (Å²) < 4.78 is 16.7. The Labute approximate surface area is 155 Å². The number of benzene rings is 1. The third-order valence-corrected chi connectivity index (χ3v) is 5.11. The molecule has 0 saturated heterocycles. The first-order valence-corrected chi connectivity index (χ1v) is 9.26. The fourth-order valence-electron chi connectivity index (χ4n) is 2.36. The number of alkyl halides is 1. The molecule has 7 heteroatoms. The van der Waals surface area contributed by atoms with Gasteiger partial charge >= 0.3 is 5.97 Å². The van der Waals surface area contributed by atoms with E-state index in [1.54, 1.807) is 14.0 Å². The van der Waals surface area contributed by atoms with Crippen molar-refractivity contribution in [3.63, 3.8) is 0 Å². The molecule has 5 nitrogen and oxygen atoms in total. The quantitative estimate of drug-likeness (QED) is 0.279. The Bertz CT molecular complexity index is 755. The highest BCUT2D eigenvalue weighted by molar-refractivity contribution is 7.20. The van der Waals surface area contributed by atoms with Gasteiger partial charge in [-0.3, -0.25) is 9.59 Å². The number of hydrogen-bond acceptors (Lipinski definition) is 6. The van der Waals surface area contributed by atoms with E-state index in [0.717, 1.165) is 16.5 Å². The van der Waals surface area contributed by atoms with Crippen LogP contribution in [0.25, 0.3) is 10.1 Å². The van der Waals surface area contributed by atoms with Crippen molar-refractivity contribution in [1.29, 1.82) is 0 Å². The van der Waals surface area contributed by atoms with Crippen LogP contribution < -0.4 is 9.47 Å². The van der Waals surface area contributed by atoms with Gasteiger partial charge in [0.25, 0.3) is 0 Å². The van der Waals surface area contributed by atoms with E-state index in [1.165, 1.54) is 18.4 Å². The first-order valence-electron chi connectivity index (χ1n) is 7.91. The number of halogens is 1. The van der Waals surface area contributed by atoms with Crippen LogP contribution in [0.15, 0.2) is 18.2 Å². The second-order valence-corrected chi connectivity index (χ2v) is 7.06. The van der Waals surface area contributed by atoms with Gasteiger partial charge in [-0.2, -0.15) is 0 Å². The second kappa shape index (κ2) is 9.06. The van der Waals surface area contributed by atoms with Crippen molar-refractivity contribution in [2.45, 2.75) is 19.8 Å². The average molecular weight is 385 g/mol. The molecule has 0 amide bonds. The van der Waals surface area contributed by atoms with Crippen LogP contribution >= 0.6 is 22.9 Å². The van der Waals surface area contributed by atoms with E-state index in [1.807, 2.05) is 18.2 Å². The molecule has 1 atom stereocenters. The minimum absolute atomic E-state index is 0.0809. The predicted octanol–water partition coefficient (Wildman–Crippen LogP) is 4.30. The maximum absolute atomic E-state index is 12.4. The van der Waals surface area contributed by atoms with E-state index >= 15 is 0 Å². The van der Waals surface area contributed by atoms with Crippen molar-refractivity contribution < 1.29 is 23.8 Å². The molecule has 1 aromatic carbocycles. The zero-order valence-corrected chi connectivity index (χ0v) is 16.0. The van der Waals surface area contributed by atoms with Crippen molar-refractivity contribution in [2.24, 2.45) is 5.92 Å². The summed E-state index contributed by atoms with van der Waals surface area (Å²) in [5.74, 6) is 0.839. The molecule has 2 aromatic rings. The lowest BCUT2D eigenvalue weighted by molar-refractivity contribution is -0.144. The summed E-state index contributed by atoms with van der Waals surface area (Å²) in [7, 11) is 2.90. The first kappa shape index (κ1) is 19.5. The first-order chi connectivity index (χ1) is 12.0. The van der Waals surface area contributed by atoms with Crippen LogP contribution in [-0.4, -0.2) is 38.5 Å². The number of methoxy groups -OCH3 is 2. The molecule has 0 saturated carbocycles. The maximum Gasteiger partial charge on any atom is 0.308 e. The molecule has 0 radical (unpaired) electrons. The number of carbonyl (C=O) groups excluding carboxylic acids is 2. The van der Waals surface area contributed by atoms with Crippen molar-refractivity contribution in [1.82, 2.24) is 0 Å². The zero-order valence-electron chi connectivity index (χ0n) is 14.5. The van der Waals surface area contributed by atoms with Crippen molar-refractivity contribution >= 4 is 44.8 Å². The Kier molecular flexibility index (Phi) is 7.08. The summed E-state index contributed by atoms with van der Waals surface area (Å²) in [5, 5.41) is 0.903. The number of ketones is 1. The smallest absolute Gasteiger partial charge is 0.308 e. The van der Waals surface area contributed by atoms with E-state index in [9.17, 15) is 9.59 Å². The Morgan fingerprint density at radius 2 is 1.96 bits per heavy atom. The molecule has 2 rings (SSSR count). The molecule has 0 aliphatic carbocycles. The van der Waals surface area contributed by atoms with E-state index in [0.29, 0.717) is 28.9 Å². The lowest BCUT2D eigenvalue weighted by atomic mass is 10.0. The average Bonchev–Trinajstić information content (AvgIpc) is 3.03. The standard InChI is InChI=1S/C18H21ClO5S/c1-11(18(21)23-3)7-13(20)17-9-12-8-15(24-6-4-5-19)14(22-2)10-16(12)25-17/h8-11H,4-7H2,1-3H3/t11-/m0/s1. The topological polar surface area (TPSA) is 61.8 Å². The van der Waals surface area contributed by atoms with Gasteiger partial charge in [0.15, 0.2) is 17.3 Å². The molecule has 0 N–H and O–H groups in total. The minimum atomic E-state index is -0.466. The number of carbonyl (C=O) groups is 2. The Hall–Kier alpha value is -1.79. The summed E-state index contributed by atoms with van der Waals surface area (Å²) in [4.78, 5) is 24.5. The summed E-state index contributed by atoms with van der Waals surface area (Å²) in [5.41, 5.74) is 0. The number of ether oxygens (including phenoxy) is 3. The van der Waals surface area contributed by atoms with Crippen molar-refractivity contribution in [2.75, 3.05) is 26.7 Å². The number of esters is 1. The SMILES string of the molecule is COC(=O)[C@@H](C)CC(=O)c1cc2cc(OCCCCl)c(OC)cc2s1. The molecule has 0 unspecified atom stereocenters. The monoisotopic (exact) mass is 384 g/mol. The minimum Gasteiger partial charge on any atom is -0.493 e. The second-order valence-electron chi connectivity index (χ2n) is 5.59. The van der Waals surface area contributed by atoms with Gasteiger partial charge < -0.3 is 14.2 Å². The summed E-state index contributed by atoms with van der Waals surface area (Å²) in [6, 6.07) is 5.54. The number of fused-ring (bicyclic) bond motifs is 1. The number of hydrogen-bond donors (Lipinski definition) is 0. The summed E-state index contributed by atoms with van der Waals surface area (Å²) in [6.45, 7) is 2.18. The van der Waals surface area contributed by atoms with Gasteiger partial charge in [0.05, 0.1) is 31.6 Å². The molecular formula is C18H21ClO5S.